The van der Waals surface area contributed by atoms with Crippen LogP contribution in [0, 0.1) is 6.92 Å². The summed E-state index contributed by atoms with van der Waals surface area (Å²) in [6, 6.07) is 5.08. The van der Waals surface area contributed by atoms with Crippen molar-refractivity contribution in [1.29, 1.82) is 0 Å². The van der Waals surface area contributed by atoms with Gasteiger partial charge in [0.1, 0.15) is 0 Å². The Kier molecular flexibility index (Phi) is 4.85. The first-order valence-corrected chi connectivity index (χ1v) is 7.44. The largest absolute Gasteiger partial charge is 0.352 e. The lowest BCUT2D eigenvalue weighted by Crippen LogP contribution is -2.26. The number of benzene rings is 1. The van der Waals surface area contributed by atoms with E-state index in [0.29, 0.717) is 22.0 Å². The number of carbonyl (C=O) groups is 1. The standard InChI is InChI=1S/C13H13ClN2OS2/c1-8-7-19-12(16-8)4-5-15-13(17)10-6-9(18)2-3-11(10)14/h2-3,6-7,18H,4-5H2,1H3,(H,15,17). The predicted octanol–water partition coefficient (Wildman–Crippen LogP) is 3.37. The molecule has 0 fully saturated rings. The molecule has 0 aliphatic heterocycles. The van der Waals surface area contributed by atoms with Crippen molar-refractivity contribution in [2.24, 2.45) is 0 Å². The third-order valence-corrected chi connectivity index (χ3v) is 4.12. The molecule has 2 rings (SSSR count). The monoisotopic (exact) mass is 312 g/mol. The number of rotatable bonds is 4. The number of thiazole rings is 1. The number of carbonyl (C=O) groups excluding carboxylic acids is 1. The van der Waals surface area contributed by atoms with Crippen molar-refractivity contribution < 1.29 is 4.79 Å². The van der Waals surface area contributed by atoms with Crippen LogP contribution in [-0.2, 0) is 6.42 Å². The van der Waals surface area contributed by atoms with Gasteiger partial charge >= 0.3 is 0 Å². The highest BCUT2D eigenvalue weighted by Crippen LogP contribution is 2.19. The fourth-order valence-electron chi connectivity index (χ4n) is 1.58. The topological polar surface area (TPSA) is 42.0 Å². The number of nitrogens with one attached hydrogen (secondary N) is 1. The molecule has 19 heavy (non-hydrogen) atoms. The number of aromatic nitrogens is 1. The van der Waals surface area contributed by atoms with Crippen LogP contribution in [-0.4, -0.2) is 17.4 Å². The number of aryl methyl sites for hydroxylation is 1. The molecule has 0 spiro atoms. The molecular weight excluding hydrogens is 300 g/mol. The Bertz CT molecular complexity index is 598. The quantitative estimate of drug-likeness (QED) is 0.850. The van der Waals surface area contributed by atoms with Gasteiger partial charge in [0, 0.05) is 28.9 Å². The van der Waals surface area contributed by atoms with Crippen LogP contribution in [0.1, 0.15) is 21.1 Å². The molecule has 1 aromatic heterocycles. The van der Waals surface area contributed by atoms with E-state index in [1.54, 1.807) is 29.5 Å². The first-order chi connectivity index (χ1) is 9.06. The second kappa shape index (κ2) is 6.41. The van der Waals surface area contributed by atoms with Gasteiger partial charge in [-0.3, -0.25) is 4.79 Å². The van der Waals surface area contributed by atoms with Crippen molar-refractivity contribution in [3.05, 3.63) is 44.9 Å². The molecule has 0 aliphatic carbocycles. The minimum Gasteiger partial charge on any atom is -0.352 e. The van der Waals surface area contributed by atoms with Gasteiger partial charge in [-0.05, 0) is 25.1 Å². The summed E-state index contributed by atoms with van der Waals surface area (Å²) in [5.74, 6) is -0.186. The average Bonchev–Trinajstić information content (AvgIpc) is 2.78. The van der Waals surface area contributed by atoms with E-state index in [1.807, 2.05) is 12.3 Å². The van der Waals surface area contributed by atoms with Gasteiger partial charge in [-0.25, -0.2) is 4.98 Å². The third-order valence-electron chi connectivity index (χ3n) is 2.49. The van der Waals surface area contributed by atoms with Crippen molar-refractivity contribution in [2.45, 2.75) is 18.2 Å². The summed E-state index contributed by atoms with van der Waals surface area (Å²) in [4.78, 5) is 17.0. The molecule has 0 saturated heterocycles. The van der Waals surface area contributed by atoms with E-state index in [0.717, 1.165) is 17.1 Å². The van der Waals surface area contributed by atoms with E-state index in [9.17, 15) is 4.79 Å². The smallest absolute Gasteiger partial charge is 0.252 e. The maximum Gasteiger partial charge on any atom is 0.252 e. The van der Waals surface area contributed by atoms with Crippen LogP contribution in [0.4, 0.5) is 0 Å². The van der Waals surface area contributed by atoms with E-state index in [2.05, 4.69) is 22.9 Å². The number of halogens is 1. The Morgan fingerprint density at radius 2 is 2.32 bits per heavy atom. The highest BCUT2D eigenvalue weighted by atomic mass is 35.5. The van der Waals surface area contributed by atoms with Gasteiger partial charge in [-0.1, -0.05) is 11.6 Å². The van der Waals surface area contributed by atoms with Crippen LogP contribution in [0.2, 0.25) is 5.02 Å². The summed E-state index contributed by atoms with van der Waals surface area (Å²) < 4.78 is 0. The minimum absolute atomic E-state index is 0.186. The van der Waals surface area contributed by atoms with Crippen LogP contribution in [0.3, 0.4) is 0 Å². The van der Waals surface area contributed by atoms with Crippen LogP contribution >= 0.6 is 35.6 Å². The zero-order chi connectivity index (χ0) is 13.8. The molecule has 0 atom stereocenters. The Labute approximate surface area is 126 Å². The van der Waals surface area contributed by atoms with Crippen molar-refractivity contribution in [1.82, 2.24) is 10.3 Å². The molecule has 0 radical (unpaired) electrons. The number of thiol groups is 1. The van der Waals surface area contributed by atoms with Crippen LogP contribution in [0.25, 0.3) is 0 Å². The maximum absolute atomic E-state index is 12.0. The SMILES string of the molecule is Cc1csc(CCNC(=O)c2cc(S)ccc2Cl)n1. The van der Waals surface area contributed by atoms with E-state index in [-0.39, 0.29) is 5.91 Å². The lowest BCUT2D eigenvalue weighted by molar-refractivity contribution is 0.0954. The third kappa shape index (κ3) is 3.96. The van der Waals surface area contributed by atoms with E-state index in [1.165, 1.54) is 0 Å². The molecule has 0 unspecified atom stereocenters. The first kappa shape index (κ1) is 14.4. The first-order valence-electron chi connectivity index (χ1n) is 5.74. The van der Waals surface area contributed by atoms with Crippen molar-refractivity contribution in [3.8, 4) is 0 Å². The second-order valence-corrected chi connectivity index (χ2v) is 5.92. The molecule has 1 amide bonds. The second-order valence-electron chi connectivity index (χ2n) is 4.05. The van der Waals surface area contributed by atoms with Gasteiger partial charge < -0.3 is 5.32 Å². The Hall–Kier alpha value is -1.04. The molecule has 0 saturated carbocycles. The van der Waals surface area contributed by atoms with Gasteiger partial charge in [0.15, 0.2) is 0 Å². The van der Waals surface area contributed by atoms with E-state index in [4.69, 9.17) is 11.6 Å². The Morgan fingerprint density at radius 1 is 1.53 bits per heavy atom. The number of hydrogen-bond donors (Lipinski definition) is 2. The van der Waals surface area contributed by atoms with Gasteiger partial charge in [-0.2, -0.15) is 0 Å². The van der Waals surface area contributed by atoms with Gasteiger partial charge in [-0.15, -0.1) is 24.0 Å². The van der Waals surface area contributed by atoms with E-state index < -0.39 is 0 Å². The Morgan fingerprint density at radius 3 is 3.00 bits per heavy atom. The van der Waals surface area contributed by atoms with Crippen molar-refractivity contribution >= 4 is 41.5 Å². The molecule has 0 aliphatic rings. The fraction of sp³-hybridized carbons (Fsp3) is 0.231. The van der Waals surface area contributed by atoms with Crippen LogP contribution in [0.15, 0.2) is 28.5 Å². The summed E-state index contributed by atoms with van der Waals surface area (Å²) in [6.07, 6.45) is 0.725. The van der Waals surface area contributed by atoms with E-state index >= 15 is 0 Å². The molecule has 0 bridgehead atoms. The lowest BCUT2D eigenvalue weighted by atomic mass is 10.2. The molecule has 2 aromatic rings. The van der Waals surface area contributed by atoms with Crippen LogP contribution in [0.5, 0.6) is 0 Å². The zero-order valence-corrected chi connectivity index (χ0v) is 12.8. The summed E-state index contributed by atoms with van der Waals surface area (Å²) in [7, 11) is 0. The summed E-state index contributed by atoms with van der Waals surface area (Å²) in [5, 5.41) is 6.28. The molecular formula is C13H13ClN2OS2. The van der Waals surface area contributed by atoms with Crippen molar-refractivity contribution in [3.63, 3.8) is 0 Å². The fourth-order valence-corrected chi connectivity index (χ4v) is 2.77. The molecule has 1 N–H and O–H groups in total. The maximum atomic E-state index is 12.0. The highest BCUT2D eigenvalue weighted by Gasteiger charge is 2.10. The molecule has 6 heteroatoms. The summed E-state index contributed by atoms with van der Waals surface area (Å²) >= 11 is 11.8. The van der Waals surface area contributed by atoms with Crippen LogP contribution < -0.4 is 5.32 Å². The average molecular weight is 313 g/mol. The van der Waals surface area contributed by atoms with Gasteiger partial charge in [0.05, 0.1) is 15.6 Å². The van der Waals surface area contributed by atoms with Gasteiger partial charge in [0.2, 0.25) is 0 Å². The Balaban J connectivity index is 1.92. The minimum atomic E-state index is -0.186. The highest BCUT2D eigenvalue weighted by molar-refractivity contribution is 7.80. The molecule has 1 heterocycles. The summed E-state index contributed by atoms with van der Waals surface area (Å²) in [6.45, 7) is 2.50. The molecule has 100 valence electrons. The normalized spacial score (nSPS) is 10.5. The zero-order valence-electron chi connectivity index (χ0n) is 10.3. The van der Waals surface area contributed by atoms with Gasteiger partial charge in [0.25, 0.3) is 5.91 Å². The molecule has 3 nitrogen and oxygen atoms in total. The van der Waals surface area contributed by atoms with Crippen molar-refractivity contribution in [2.75, 3.05) is 6.54 Å². The lowest BCUT2D eigenvalue weighted by Gasteiger charge is -2.06. The number of hydrogen-bond acceptors (Lipinski definition) is 4. The molecule has 1 aromatic carbocycles. The number of nitrogens with zero attached hydrogens (tertiary/aromatic N) is 1. The predicted molar refractivity (Wildman–Crippen MR) is 81.6 cm³/mol. The number of amides is 1. The summed E-state index contributed by atoms with van der Waals surface area (Å²) in [5.41, 5.74) is 1.46.